The van der Waals surface area contributed by atoms with Crippen LogP contribution in [-0.2, 0) is 6.54 Å². The lowest BCUT2D eigenvalue weighted by atomic mass is 10.2. The Morgan fingerprint density at radius 2 is 2.00 bits per heavy atom. The van der Waals surface area contributed by atoms with E-state index in [0.29, 0.717) is 17.9 Å². The van der Waals surface area contributed by atoms with Gasteiger partial charge in [0.2, 0.25) is 5.82 Å². The number of halogens is 4. The van der Waals surface area contributed by atoms with E-state index in [4.69, 9.17) is 11.6 Å². The van der Waals surface area contributed by atoms with Crippen LogP contribution >= 0.6 is 11.6 Å². The Hall–Kier alpha value is -2.35. The number of hydrogen-bond acceptors (Lipinski definition) is 4. The van der Waals surface area contributed by atoms with Crippen molar-refractivity contribution >= 4 is 23.1 Å². The number of nitrogens with zero attached hydrogens (tertiary/aromatic N) is 5. The zero-order valence-corrected chi connectivity index (χ0v) is 12.7. The van der Waals surface area contributed by atoms with Crippen LogP contribution in [0.5, 0.6) is 0 Å². The van der Waals surface area contributed by atoms with E-state index in [1.54, 1.807) is 30.1 Å². The van der Waals surface area contributed by atoms with E-state index in [1.165, 1.54) is 12.1 Å². The molecule has 3 aromatic rings. The average molecular weight is 342 g/mol. The highest BCUT2D eigenvalue weighted by Gasteiger charge is 2.17. The van der Waals surface area contributed by atoms with Crippen molar-refractivity contribution in [3.63, 3.8) is 0 Å². The van der Waals surface area contributed by atoms with Crippen LogP contribution in [0.15, 0.2) is 30.3 Å². The van der Waals surface area contributed by atoms with Gasteiger partial charge >= 0.3 is 0 Å². The molecule has 0 aliphatic carbocycles. The van der Waals surface area contributed by atoms with Crippen molar-refractivity contribution in [1.29, 1.82) is 0 Å². The molecule has 9 heteroatoms. The molecule has 120 valence electrons. The zero-order valence-electron chi connectivity index (χ0n) is 11.9. The second kappa shape index (κ2) is 6.04. The monoisotopic (exact) mass is 341 g/mol. The molecule has 2 heterocycles. The minimum atomic E-state index is -2.77. The number of alkyl halides is 2. The molecule has 0 radical (unpaired) electrons. The summed E-state index contributed by atoms with van der Waals surface area (Å²) in [5, 5.41) is 11.2. The maximum Gasteiger partial charge on any atom is 0.299 e. The number of aromatic nitrogens is 4. The van der Waals surface area contributed by atoms with Gasteiger partial charge in [0.15, 0.2) is 5.65 Å². The van der Waals surface area contributed by atoms with Crippen LogP contribution < -0.4 is 4.90 Å². The highest BCUT2D eigenvalue weighted by molar-refractivity contribution is 6.30. The van der Waals surface area contributed by atoms with E-state index >= 15 is 0 Å². The lowest BCUT2D eigenvalue weighted by Gasteiger charge is -2.18. The fourth-order valence-electron chi connectivity index (χ4n) is 2.13. The summed E-state index contributed by atoms with van der Waals surface area (Å²) in [5.74, 6) is -0.609. The first-order chi connectivity index (χ1) is 11.0. The van der Waals surface area contributed by atoms with E-state index in [-0.39, 0.29) is 10.7 Å². The molecule has 0 aliphatic heterocycles. The van der Waals surface area contributed by atoms with Crippen LogP contribution in [0.25, 0.3) is 5.65 Å². The molecule has 1 aromatic carbocycles. The molecular weight excluding hydrogens is 331 g/mol. The third kappa shape index (κ3) is 3.07. The van der Waals surface area contributed by atoms with Crippen molar-refractivity contribution in [1.82, 2.24) is 19.8 Å². The van der Waals surface area contributed by atoms with Crippen molar-refractivity contribution in [3.05, 3.63) is 52.6 Å². The summed E-state index contributed by atoms with van der Waals surface area (Å²) in [7, 11) is 1.72. The summed E-state index contributed by atoms with van der Waals surface area (Å²) in [6.07, 6.45) is -2.77. The first-order valence-corrected chi connectivity index (χ1v) is 6.99. The minimum Gasteiger partial charge on any atom is -0.354 e. The molecule has 0 spiro atoms. The Bertz CT molecular complexity index is 852. The van der Waals surface area contributed by atoms with Gasteiger partial charge in [0.1, 0.15) is 11.6 Å². The topological polar surface area (TPSA) is 46.3 Å². The maximum absolute atomic E-state index is 13.5. The van der Waals surface area contributed by atoms with Gasteiger partial charge in [-0.1, -0.05) is 17.7 Å². The third-order valence-electron chi connectivity index (χ3n) is 3.26. The van der Waals surface area contributed by atoms with Crippen LogP contribution in [0.1, 0.15) is 17.8 Å². The summed E-state index contributed by atoms with van der Waals surface area (Å²) < 4.78 is 40.2. The molecule has 0 bridgehead atoms. The first kappa shape index (κ1) is 15.5. The first-order valence-electron chi connectivity index (χ1n) is 6.61. The van der Waals surface area contributed by atoms with Crippen LogP contribution in [-0.4, -0.2) is 26.9 Å². The van der Waals surface area contributed by atoms with E-state index in [2.05, 4.69) is 15.3 Å². The molecule has 0 saturated heterocycles. The molecule has 0 fully saturated rings. The van der Waals surface area contributed by atoms with Gasteiger partial charge in [-0.05, 0) is 29.8 Å². The van der Waals surface area contributed by atoms with Crippen molar-refractivity contribution in [2.75, 3.05) is 11.9 Å². The molecule has 2 aromatic heterocycles. The van der Waals surface area contributed by atoms with E-state index in [1.807, 2.05) is 0 Å². The molecule has 5 nitrogen and oxygen atoms in total. The van der Waals surface area contributed by atoms with Crippen molar-refractivity contribution in [2.45, 2.75) is 13.0 Å². The Morgan fingerprint density at radius 3 is 2.70 bits per heavy atom. The van der Waals surface area contributed by atoms with Crippen LogP contribution in [0.4, 0.5) is 19.0 Å². The van der Waals surface area contributed by atoms with Gasteiger partial charge < -0.3 is 4.90 Å². The van der Waals surface area contributed by atoms with E-state index in [9.17, 15) is 13.2 Å². The van der Waals surface area contributed by atoms with E-state index < -0.39 is 18.1 Å². The lowest BCUT2D eigenvalue weighted by Crippen LogP contribution is -2.19. The van der Waals surface area contributed by atoms with Gasteiger partial charge in [0, 0.05) is 13.6 Å². The quantitative estimate of drug-likeness (QED) is 0.728. The van der Waals surface area contributed by atoms with Crippen molar-refractivity contribution < 1.29 is 13.2 Å². The predicted octanol–water partition coefficient (Wildman–Crippen LogP) is 3.49. The summed E-state index contributed by atoms with van der Waals surface area (Å²) >= 11 is 5.64. The predicted molar refractivity (Wildman–Crippen MR) is 79.3 cm³/mol. The summed E-state index contributed by atoms with van der Waals surface area (Å²) in [4.78, 5) is 1.69. The number of fused-ring (bicyclic) bond motifs is 1. The van der Waals surface area contributed by atoms with Gasteiger partial charge in [-0.2, -0.15) is 4.52 Å². The van der Waals surface area contributed by atoms with E-state index in [0.717, 1.165) is 4.52 Å². The normalized spacial score (nSPS) is 11.4. The Labute approximate surface area is 134 Å². The third-order valence-corrected chi connectivity index (χ3v) is 3.57. The van der Waals surface area contributed by atoms with Gasteiger partial charge in [0.05, 0.1) is 5.02 Å². The van der Waals surface area contributed by atoms with Gasteiger partial charge in [-0.15, -0.1) is 15.3 Å². The molecule has 0 saturated carbocycles. The second-order valence-corrected chi connectivity index (χ2v) is 5.33. The standard InChI is InChI=1S/C14H11ClF3N5/c1-22(7-8-2-3-9(15)10(16)6-8)12-5-4-11-19-20-14(13(17)18)23(11)21-12/h2-6,13H,7H2,1H3. The Balaban J connectivity index is 1.89. The van der Waals surface area contributed by atoms with Crippen LogP contribution in [0, 0.1) is 5.82 Å². The van der Waals surface area contributed by atoms with Crippen LogP contribution in [0.3, 0.4) is 0 Å². The van der Waals surface area contributed by atoms with Gasteiger partial charge in [0.25, 0.3) is 6.43 Å². The Kier molecular flexibility index (Phi) is 4.08. The SMILES string of the molecule is CN(Cc1ccc(Cl)c(F)c1)c1ccc2nnc(C(F)F)n2n1. The molecular formula is C14H11ClF3N5. The molecule has 0 N–H and O–H groups in total. The van der Waals surface area contributed by atoms with Gasteiger partial charge in [-0.25, -0.2) is 13.2 Å². The Morgan fingerprint density at radius 1 is 1.22 bits per heavy atom. The fourth-order valence-corrected chi connectivity index (χ4v) is 2.25. The lowest BCUT2D eigenvalue weighted by molar-refractivity contribution is 0.137. The minimum absolute atomic E-state index is 0.0435. The molecule has 23 heavy (non-hydrogen) atoms. The number of hydrogen-bond donors (Lipinski definition) is 0. The molecule has 0 aliphatic rings. The molecule has 0 atom stereocenters. The summed E-state index contributed by atoms with van der Waals surface area (Å²) in [5.41, 5.74) is 0.907. The van der Waals surface area contributed by atoms with Crippen LogP contribution in [0.2, 0.25) is 5.02 Å². The number of benzene rings is 1. The summed E-state index contributed by atoms with van der Waals surface area (Å²) in [6.45, 7) is 0.332. The zero-order chi connectivity index (χ0) is 16.6. The average Bonchev–Trinajstić information content (AvgIpc) is 2.94. The number of rotatable bonds is 4. The van der Waals surface area contributed by atoms with Crippen molar-refractivity contribution in [3.8, 4) is 0 Å². The molecule has 3 rings (SSSR count). The maximum atomic E-state index is 13.5. The largest absolute Gasteiger partial charge is 0.354 e. The van der Waals surface area contributed by atoms with Crippen molar-refractivity contribution in [2.24, 2.45) is 0 Å². The summed E-state index contributed by atoms with van der Waals surface area (Å²) in [6, 6.07) is 7.64. The second-order valence-electron chi connectivity index (χ2n) is 4.92. The highest BCUT2D eigenvalue weighted by atomic mass is 35.5. The number of anilines is 1. The molecule has 0 amide bonds. The molecule has 0 unspecified atom stereocenters. The smallest absolute Gasteiger partial charge is 0.299 e. The highest BCUT2D eigenvalue weighted by Crippen LogP contribution is 2.20. The van der Waals surface area contributed by atoms with Gasteiger partial charge in [-0.3, -0.25) is 0 Å². The fraction of sp³-hybridized carbons (Fsp3) is 0.214.